The molecule has 5 nitrogen and oxygen atoms in total. The summed E-state index contributed by atoms with van der Waals surface area (Å²) in [4.78, 5) is 4.23. The zero-order valence-electron chi connectivity index (χ0n) is 11.3. The number of nitrogens with zero attached hydrogens (tertiary/aromatic N) is 3. The first kappa shape index (κ1) is 13.5. The van der Waals surface area contributed by atoms with Gasteiger partial charge in [-0.1, -0.05) is 6.07 Å². The number of thiocarbonyl (C=S) groups is 1. The highest BCUT2D eigenvalue weighted by Crippen LogP contribution is 2.17. The van der Waals surface area contributed by atoms with Crippen molar-refractivity contribution in [1.29, 1.82) is 0 Å². The van der Waals surface area contributed by atoms with Gasteiger partial charge in [0.15, 0.2) is 5.11 Å². The van der Waals surface area contributed by atoms with Crippen molar-refractivity contribution in [3.05, 3.63) is 41.5 Å². The Hall–Kier alpha value is -1.95. The number of hydrogen-bond donors (Lipinski definition) is 2. The quantitative estimate of drug-likeness (QED) is 0.838. The molecule has 0 aliphatic rings. The van der Waals surface area contributed by atoms with Crippen molar-refractivity contribution < 1.29 is 0 Å². The number of nitrogens with one attached hydrogen (secondary N) is 2. The van der Waals surface area contributed by atoms with Crippen LogP contribution in [0.25, 0.3) is 0 Å². The van der Waals surface area contributed by atoms with Gasteiger partial charge in [-0.15, -0.1) is 0 Å². The summed E-state index contributed by atoms with van der Waals surface area (Å²) in [5.74, 6) is 0. The Morgan fingerprint density at radius 3 is 2.74 bits per heavy atom. The number of hydrogen-bond acceptors (Lipinski definition) is 3. The minimum atomic E-state index is 0.574. The summed E-state index contributed by atoms with van der Waals surface area (Å²) in [5, 5.41) is 11.2. The van der Waals surface area contributed by atoms with Gasteiger partial charge in [0.2, 0.25) is 0 Å². The molecule has 0 spiro atoms. The Kier molecular flexibility index (Phi) is 4.11. The van der Waals surface area contributed by atoms with Crippen LogP contribution in [0.4, 0.5) is 5.69 Å². The first-order valence-corrected chi connectivity index (χ1v) is 6.43. The Bertz CT molecular complexity index is 576. The lowest BCUT2D eigenvalue weighted by Gasteiger charge is -2.10. The third-order valence-corrected chi connectivity index (χ3v) is 3.15. The van der Waals surface area contributed by atoms with Crippen molar-refractivity contribution in [2.45, 2.75) is 20.4 Å². The van der Waals surface area contributed by atoms with Gasteiger partial charge in [0, 0.05) is 13.2 Å². The molecule has 0 unspecified atom stereocenters. The highest BCUT2D eigenvalue weighted by atomic mass is 32.1. The maximum atomic E-state index is 5.28. The van der Waals surface area contributed by atoms with E-state index in [1.807, 2.05) is 43.8 Å². The third-order valence-electron chi connectivity index (χ3n) is 2.90. The summed E-state index contributed by atoms with van der Waals surface area (Å²) >= 11 is 5.28. The van der Waals surface area contributed by atoms with Crippen LogP contribution in [0.5, 0.6) is 0 Å². The minimum Gasteiger partial charge on any atom is -0.357 e. The van der Waals surface area contributed by atoms with Gasteiger partial charge in [0.25, 0.3) is 0 Å². The van der Waals surface area contributed by atoms with Crippen molar-refractivity contribution in [2.75, 3.05) is 5.32 Å². The van der Waals surface area contributed by atoms with E-state index in [1.165, 1.54) is 0 Å². The molecule has 0 aliphatic heterocycles. The molecule has 0 amide bonds. The second-order valence-electron chi connectivity index (χ2n) is 4.30. The van der Waals surface area contributed by atoms with E-state index in [0.29, 0.717) is 11.7 Å². The van der Waals surface area contributed by atoms with E-state index in [4.69, 9.17) is 12.2 Å². The van der Waals surface area contributed by atoms with Crippen LogP contribution in [-0.4, -0.2) is 19.9 Å². The van der Waals surface area contributed by atoms with E-state index in [9.17, 15) is 0 Å². The molecule has 0 bridgehead atoms. The summed E-state index contributed by atoms with van der Waals surface area (Å²) in [5.41, 5.74) is 3.90. The van der Waals surface area contributed by atoms with E-state index in [1.54, 1.807) is 6.20 Å². The largest absolute Gasteiger partial charge is 0.357 e. The number of aromatic nitrogens is 3. The van der Waals surface area contributed by atoms with Gasteiger partial charge in [-0.2, -0.15) is 5.10 Å². The van der Waals surface area contributed by atoms with Crippen LogP contribution < -0.4 is 10.6 Å². The second-order valence-corrected chi connectivity index (χ2v) is 4.71. The third kappa shape index (κ3) is 3.29. The maximum Gasteiger partial charge on any atom is 0.171 e. The Morgan fingerprint density at radius 2 is 2.16 bits per heavy atom. The molecular formula is C13H17N5S. The monoisotopic (exact) mass is 275 g/mol. The molecular weight excluding hydrogens is 258 g/mol. The number of anilines is 1. The van der Waals surface area contributed by atoms with Crippen LogP contribution in [0.1, 0.15) is 17.1 Å². The molecule has 100 valence electrons. The predicted octanol–water partition coefficient (Wildman–Crippen LogP) is 1.92. The number of rotatable bonds is 3. The van der Waals surface area contributed by atoms with E-state index in [-0.39, 0.29) is 0 Å². The lowest BCUT2D eigenvalue weighted by molar-refractivity contribution is 0.731. The van der Waals surface area contributed by atoms with E-state index in [2.05, 4.69) is 20.7 Å². The highest BCUT2D eigenvalue weighted by Gasteiger charge is 2.10. The first-order chi connectivity index (χ1) is 9.08. The second kappa shape index (κ2) is 5.79. The molecule has 0 saturated carbocycles. The summed E-state index contributed by atoms with van der Waals surface area (Å²) in [6, 6.07) is 5.80. The molecule has 0 aromatic carbocycles. The average molecular weight is 275 g/mol. The molecule has 0 atom stereocenters. The van der Waals surface area contributed by atoms with Gasteiger partial charge in [-0.05, 0) is 38.2 Å². The molecule has 2 aromatic heterocycles. The van der Waals surface area contributed by atoms with Gasteiger partial charge < -0.3 is 10.6 Å². The zero-order chi connectivity index (χ0) is 13.8. The SMILES string of the molecule is Cc1nn(C)c(C)c1NC(=S)NCc1ccccn1. The minimum absolute atomic E-state index is 0.574. The van der Waals surface area contributed by atoms with E-state index in [0.717, 1.165) is 22.8 Å². The van der Waals surface area contributed by atoms with Gasteiger partial charge >= 0.3 is 0 Å². The lowest BCUT2D eigenvalue weighted by atomic mass is 10.3. The standard InChI is InChI=1S/C13H17N5S/c1-9-12(10(2)18(3)17-9)16-13(19)15-8-11-6-4-5-7-14-11/h4-7H,8H2,1-3H3,(H2,15,16,19). The molecule has 6 heteroatoms. The lowest BCUT2D eigenvalue weighted by Crippen LogP contribution is -2.28. The summed E-state index contributed by atoms with van der Waals surface area (Å²) in [6.45, 7) is 4.56. The van der Waals surface area contributed by atoms with Crippen LogP contribution in [0.2, 0.25) is 0 Å². The fourth-order valence-corrected chi connectivity index (χ4v) is 1.96. The average Bonchev–Trinajstić information content (AvgIpc) is 2.64. The number of aryl methyl sites for hydroxylation is 2. The van der Waals surface area contributed by atoms with Gasteiger partial charge in [0.1, 0.15) is 0 Å². The molecule has 2 rings (SSSR count). The van der Waals surface area contributed by atoms with Crippen molar-refractivity contribution in [3.8, 4) is 0 Å². The fraction of sp³-hybridized carbons (Fsp3) is 0.308. The maximum absolute atomic E-state index is 5.28. The first-order valence-electron chi connectivity index (χ1n) is 6.03. The van der Waals surface area contributed by atoms with Crippen LogP contribution in [0.3, 0.4) is 0 Å². The molecule has 0 radical (unpaired) electrons. The van der Waals surface area contributed by atoms with Gasteiger partial charge in [-0.25, -0.2) is 0 Å². The summed E-state index contributed by atoms with van der Waals surface area (Å²) < 4.78 is 1.83. The Morgan fingerprint density at radius 1 is 1.37 bits per heavy atom. The predicted molar refractivity (Wildman–Crippen MR) is 80.0 cm³/mol. The van der Waals surface area contributed by atoms with Crippen LogP contribution in [0, 0.1) is 13.8 Å². The smallest absolute Gasteiger partial charge is 0.171 e. The molecule has 2 heterocycles. The molecule has 19 heavy (non-hydrogen) atoms. The molecule has 2 aromatic rings. The van der Waals surface area contributed by atoms with Crippen LogP contribution in [-0.2, 0) is 13.6 Å². The molecule has 2 N–H and O–H groups in total. The topological polar surface area (TPSA) is 54.8 Å². The highest BCUT2D eigenvalue weighted by molar-refractivity contribution is 7.80. The number of pyridine rings is 1. The Balaban J connectivity index is 1.95. The van der Waals surface area contributed by atoms with E-state index < -0.39 is 0 Å². The summed E-state index contributed by atoms with van der Waals surface area (Å²) in [6.07, 6.45) is 1.77. The van der Waals surface area contributed by atoms with Crippen molar-refractivity contribution in [1.82, 2.24) is 20.1 Å². The van der Waals surface area contributed by atoms with Crippen molar-refractivity contribution in [3.63, 3.8) is 0 Å². The molecule has 0 saturated heterocycles. The van der Waals surface area contributed by atoms with E-state index >= 15 is 0 Å². The molecule has 0 fully saturated rings. The van der Waals surface area contributed by atoms with Crippen molar-refractivity contribution in [2.24, 2.45) is 7.05 Å². The zero-order valence-corrected chi connectivity index (χ0v) is 12.1. The summed E-state index contributed by atoms with van der Waals surface area (Å²) in [7, 11) is 1.91. The molecule has 0 aliphatic carbocycles. The van der Waals surface area contributed by atoms with Crippen LogP contribution in [0.15, 0.2) is 24.4 Å². The Labute approximate surface area is 118 Å². The normalized spacial score (nSPS) is 10.3. The van der Waals surface area contributed by atoms with Gasteiger partial charge in [-0.3, -0.25) is 9.67 Å². The van der Waals surface area contributed by atoms with Crippen molar-refractivity contribution >= 4 is 23.0 Å². The van der Waals surface area contributed by atoms with Gasteiger partial charge in [0.05, 0.1) is 29.3 Å². The fourth-order valence-electron chi connectivity index (χ4n) is 1.79. The van der Waals surface area contributed by atoms with Crippen LogP contribution >= 0.6 is 12.2 Å².